The lowest BCUT2D eigenvalue weighted by atomic mass is 9.90. The van der Waals surface area contributed by atoms with Crippen LogP contribution in [0.2, 0.25) is 0 Å². The first-order valence-electron chi connectivity index (χ1n) is 10.5. The van der Waals surface area contributed by atoms with Crippen molar-refractivity contribution < 1.29 is 26.9 Å². The Labute approximate surface area is 195 Å². The number of nitrogens with two attached hydrogens (primary N) is 1. The number of pyridine rings is 2. The molecule has 9 nitrogen and oxygen atoms in total. The van der Waals surface area contributed by atoms with Crippen LogP contribution in [0.4, 0.5) is 19.0 Å². The Morgan fingerprint density at radius 2 is 2.03 bits per heavy atom. The summed E-state index contributed by atoms with van der Waals surface area (Å²) >= 11 is 0. The van der Waals surface area contributed by atoms with Crippen molar-refractivity contribution in [2.75, 3.05) is 11.9 Å². The van der Waals surface area contributed by atoms with Crippen molar-refractivity contribution in [1.82, 2.24) is 14.7 Å². The van der Waals surface area contributed by atoms with Crippen molar-refractivity contribution >= 4 is 27.7 Å². The normalized spacial score (nSPS) is 25.9. The number of nitrogens with one attached hydrogen (secondary N) is 2. The zero-order chi connectivity index (χ0) is 24.9. The minimum absolute atomic E-state index is 0.0109. The Bertz CT molecular complexity index is 1210. The molecule has 0 aromatic carbocycles. The van der Waals surface area contributed by atoms with Crippen molar-refractivity contribution in [1.29, 1.82) is 0 Å². The van der Waals surface area contributed by atoms with Crippen LogP contribution in [0.25, 0.3) is 0 Å². The van der Waals surface area contributed by atoms with Crippen LogP contribution in [-0.4, -0.2) is 49.1 Å². The van der Waals surface area contributed by atoms with Gasteiger partial charge in [-0.05, 0) is 61.6 Å². The second-order valence-electron chi connectivity index (χ2n) is 8.81. The highest BCUT2D eigenvalue weighted by molar-refractivity contribution is 8.04. The number of alkyl halides is 2. The average molecular weight is 499 g/mol. The van der Waals surface area contributed by atoms with Gasteiger partial charge in [-0.2, -0.15) is 8.78 Å². The molecule has 184 valence electrons. The van der Waals surface area contributed by atoms with Gasteiger partial charge in [0.2, 0.25) is 0 Å². The Balaban J connectivity index is 1.66. The van der Waals surface area contributed by atoms with Crippen LogP contribution in [0.3, 0.4) is 0 Å². The van der Waals surface area contributed by atoms with Crippen molar-refractivity contribution in [2.24, 2.45) is 10.7 Å². The number of aromatic nitrogens is 2. The number of rotatable bonds is 5. The van der Waals surface area contributed by atoms with Crippen molar-refractivity contribution in [2.45, 2.75) is 49.3 Å². The molecule has 4 rings (SSSR count). The summed E-state index contributed by atoms with van der Waals surface area (Å²) in [6.07, 6.45) is 1.47. The molecule has 1 amide bonds. The van der Waals surface area contributed by atoms with E-state index in [0.29, 0.717) is 13.0 Å². The lowest BCUT2D eigenvalue weighted by molar-refractivity contribution is -0.0500. The summed E-state index contributed by atoms with van der Waals surface area (Å²) in [5.74, 6) is -1.43. The number of carbonyl (C=O) groups is 1. The molecule has 0 saturated carbocycles. The molecule has 34 heavy (non-hydrogen) atoms. The summed E-state index contributed by atoms with van der Waals surface area (Å²) < 4.78 is 59.9. The molecule has 0 bridgehead atoms. The first kappa shape index (κ1) is 24.1. The molecule has 4 heterocycles. The monoisotopic (exact) mass is 498 g/mol. The number of ether oxygens (including phenoxy) is 1. The minimum Gasteiger partial charge on any atom is -0.433 e. The number of hydrogen-bond donors (Lipinski definition) is 4. The number of nitrogens with zero attached hydrogens (tertiary/aromatic N) is 3. The Morgan fingerprint density at radius 1 is 1.29 bits per heavy atom. The zero-order valence-corrected chi connectivity index (χ0v) is 19.6. The van der Waals surface area contributed by atoms with Crippen LogP contribution in [0.1, 0.15) is 43.4 Å². The quantitative estimate of drug-likeness (QED) is 0.467. The second-order valence-corrected chi connectivity index (χ2v) is 12.2. The number of hydrogen-bond acceptors (Lipinski definition) is 7. The molecule has 2 aromatic rings. The predicted octanol–water partition coefficient (Wildman–Crippen LogP) is 2.13. The van der Waals surface area contributed by atoms with Crippen molar-refractivity contribution in [3.8, 4) is 5.75 Å². The maximum Gasteiger partial charge on any atom is 0.387 e. The van der Waals surface area contributed by atoms with Gasteiger partial charge in [0, 0.05) is 6.54 Å². The molecule has 1 fully saturated rings. The number of anilines is 1. The van der Waals surface area contributed by atoms with Gasteiger partial charge in [-0.1, -0.05) is 0 Å². The number of aliphatic imine (C=N–C) groups is 1. The van der Waals surface area contributed by atoms with Gasteiger partial charge in [0.1, 0.15) is 40.1 Å². The molecule has 2 aliphatic heterocycles. The third-order valence-electron chi connectivity index (χ3n) is 6.42. The van der Waals surface area contributed by atoms with Gasteiger partial charge in [0.15, 0.2) is 0 Å². The average Bonchev–Trinajstić information content (AvgIpc) is 3.18. The molecule has 0 radical (unpaired) electrons. The van der Waals surface area contributed by atoms with E-state index in [1.807, 2.05) is 0 Å². The molecule has 4 N–H and O–H groups in total. The molecular weight excluding hydrogens is 473 g/mol. The first-order valence-corrected chi connectivity index (χ1v) is 12.3. The highest BCUT2D eigenvalue weighted by Crippen LogP contribution is 2.48. The van der Waals surface area contributed by atoms with Crippen LogP contribution in [0.15, 0.2) is 35.5 Å². The summed E-state index contributed by atoms with van der Waals surface area (Å²) in [7, 11) is -3.12. The fourth-order valence-corrected chi connectivity index (χ4v) is 8.09. The van der Waals surface area contributed by atoms with Crippen molar-refractivity contribution in [3.05, 3.63) is 47.7 Å². The molecule has 0 spiro atoms. The fourth-order valence-electron chi connectivity index (χ4n) is 4.46. The highest BCUT2D eigenvalue weighted by Gasteiger charge is 2.59. The molecule has 0 aliphatic carbocycles. The number of fused-ring (bicyclic) bond motifs is 1. The molecule has 2 atom stereocenters. The molecule has 2 aliphatic rings. The van der Waals surface area contributed by atoms with Gasteiger partial charge in [-0.25, -0.2) is 14.4 Å². The van der Waals surface area contributed by atoms with E-state index >= 15 is 4.39 Å². The van der Waals surface area contributed by atoms with E-state index in [-0.39, 0.29) is 28.8 Å². The highest BCUT2D eigenvalue weighted by atomic mass is 32.3. The molecule has 1 saturated heterocycles. The number of amidine groups is 1. The summed E-state index contributed by atoms with van der Waals surface area (Å²) in [6, 6.07) is 4.77. The predicted molar refractivity (Wildman–Crippen MR) is 122 cm³/mol. The van der Waals surface area contributed by atoms with Gasteiger partial charge in [-0.3, -0.25) is 18.7 Å². The number of amides is 1. The van der Waals surface area contributed by atoms with Crippen LogP contribution < -0.4 is 20.5 Å². The van der Waals surface area contributed by atoms with Gasteiger partial charge in [0.25, 0.3) is 5.91 Å². The van der Waals surface area contributed by atoms with E-state index in [1.165, 1.54) is 18.2 Å². The molecular formula is C21H25F3N6O3S. The smallest absolute Gasteiger partial charge is 0.387 e. The number of halogens is 3. The Kier molecular flexibility index (Phi) is 5.88. The summed E-state index contributed by atoms with van der Waals surface area (Å²) in [6.45, 7) is 2.60. The van der Waals surface area contributed by atoms with E-state index in [9.17, 15) is 17.8 Å². The van der Waals surface area contributed by atoms with E-state index in [4.69, 9.17) is 5.73 Å². The third kappa shape index (κ3) is 3.82. The van der Waals surface area contributed by atoms with Gasteiger partial charge < -0.3 is 15.8 Å². The van der Waals surface area contributed by atoms with E-state index < -0.39 is 44.0 Å². The Hall–Kier alpha value is -3.06. The summed E-state index contributed by atoms with van der Waals surface area (Å²) in [5.41, 5.74) is 4.70. The SMILES string of the molecule is CC1(C)C(N)=N[C@](C)(c2nc(NC(=O)c3ccc(OC(F)F)cn3)ccc2F)[C@@H]2CCN[SH]21=O. The fraction of sp³-hybridized carbons (Fsp3) is 0.429. The first-order chi connectivity index (χ1) is 15.9. The largest absolute Gasteiger partial charge is 0.433 e. The van der Waals surface area contributed by atoms with Gasteiger partial charge in [0.05, 0.1) is 16.2 Å². The topological polar surface area (TPSA) is 132 Å². The lowest BCUT2D eigenvalue weighted by Crippen LogP contribution is -2.64. The zero-order valence-electron chi connectivity index (χ0n) is 18.7. The number of thiol groups is 1. The second kappa shape index (κ2) is 8.31. The van der Waals surface area contributed by atoms with E-state index in [0.717, 1.165) is 12.3 Å². The van der Waals surface area contributed by atoms with Crippen LogP contribution in [-0.2, 0) is 15.7 Å². The molecule has 0 unspecified atom stereocenters. The van der Waals surface area contributed by atoms with Crippen LogP contribution in [0, 0.1) is 5.82 Å². The maximum atomic E-state index is 15.0. The molecule has 13 heteroatoms. The van der Waals surface area contributed by atoms with Gasteiger partial charge in [-0.15, -0.1) is 0 Å². The summed E-state index contributed by atoms with van der Waals surface area (Å²) in [5, 5.41) is 1.96. The lowest BCUT2D eigenvalue weighted by Gasteiger charge is -2.50. The van der Waals surface area contributed by atoms with Gasteiger partial charge >= 0.3 is 6.61 Å². The number of carbonyl (C=O) groups excluding carboxylic acids is 1. The third-order valence-corrected chi connectivity index (χ3v) is 10.6. The van der Waals surface area contributed by atoms with E-state index in [1.54, 1.807) is 20.8 Å². The van der Waals surface area contributed by atoms with Crippen LogP contribution in [0.5, 0.6) is 5.75 Å². The van der Waals surface area contributed by atoms with E-state index in [2.05, 4.69) is 29.7 Å². The standard InChI is InChI=1S/C21H25F3N6O3S/c1-20(2)18(25)30-21(3,14-8-9-27-34(14,20)32)16-12(22)5-7-15(28-16)29-17(31)13-6-4-11(10-26-13)33-19(23)24/h4-7,10,14,19,34H,8-9H2,1-3H3,(H2,25,30)(H,27,32)(H,28,29,31)/t14-,21-/m0/s1. The van der Waals surface area contributed by atoms with Crippen molar-refractivity contribution in [3.63, 3.8) is 0 Å². The maximum absolute atomic E-state index is 15.0. The van der Waals surface area contributed by atoms with Crippen LogP contribution >= 0.6 is 0 Å². The minimum atomic E-state index is -3.12. The summed E-state index contributed by atoms with van der Waals surface area (Å²) in [4.78, 5) is 25.2. The molecule has 2 aromatic heterocycles. The Morgan fingerprint density at radius 3 is 2.68 bits per heavy atom.